The molecule has 1 aromatic carbocycles. The summed E-state index contributed by atoms with van der Waals surface area (Å²) in [4.78, 5) is 0. The molecule has 1 aromatic rings. The molecule has 2 unspecified atom stereocenters. The van der Waals surface area contributed by atoms with E-state index in [4.69, 9.17) is 9.47 Å². The first-order chi connectivity index (χ1) is 10.0. The number of hydrogen-bond donors (Lipinski definition) is 1. The zero-order valence-electron chi connectivity index (χ0n) is 13.8. The molecule has 0 spiro atoms. The van der Waals surface area contributed by atoms with E-state index in [9.17, 15) is 4.39 Å². The predicted molar refractivity (Wildman–Crippen MR) is 84.4 cm³/mol. The van der Waals surface area contributed by atoms with Crippen molar-refractivity contribution >= 4 is 0 Å². The summed E-state index contributed by atoms with van der Waals surface area (Å²) in [7, 11) is 3.20. The van der Waals surface area contributed by atoms with Crippen molar-refractivity contribution in [2.24, 2.45) is 0 Å². The molecule has 0 saturated heterocycles. The van der Waals surface area contributed by atoms with Crippen LogP contribution in [0.5, 0.6) is 5.75 Å². The predicted octanol–water partition coefficient (Wildman–Crippen LogP) is 3.56. The Hall–Kier alpha value is -1.13. The normalized spacial score (nSPS) is 15.5. The average Bonchev–Trinajstić information content (AvgIpc) is 2.52. The fourth-order valence-corrected chi connectivity index (χ4v) is 2.45. The molecular formula is C17H28FNO2. The molecule has 0 fully saturated rings. The standard InChI is InChI=1S/C17H28FNO2/c1-6-11-19-15(17(3,7-2)21-5)12-13-9-8-10-14(20-4)16(13)18/h8-10,15,19H,6-7,11-12H2,1-5H3. The van der Waals surface area contributed by atoms with E-state index in [0.29, 0.717) is 12.0 Å². The first-order valence-corrected chi connectivity index (χ1v) is 7.62. The van der Waals surface area contributed by atoms with E-state index in [0.717, 1.165) is 19.4 Å². The Morgan fingerprint density at radius 3 is 2.52 bits per heavy atom. The van der Waals surface area contributed by atoms with Crippen molar-refractivity contribution in [2.75, 3.05) is 20.8 Å². The third-order valence-electron chi connectivity index (χ3n) is 4.23. The van der Waals surface area contributed by atoms with Crippen LogP contribution < -0.4 is 10.1 Å². The number of halogens is 1. The van der Waals surface area contributed by atoms with E-state index in [1.807, 2.05) is 12.1 Å². The highest BCUT2D eigenvalue weighted by Gasteiger charge is 2.33. The lowest BCUT2D eigenvalue weighted by molar-refractivity contribution is -0.0289. The van der Waals surface area contributed by atoms with Crippen LogP contribution in [0.15, 0.2) is 18.2 Å². The van der Waals surface area contributed by atoms with Crippen molar-refractivity contribution in [2.45, 2.75) is 51.7 Å². The fourth-order valence-electron chi connectivity index (χ4n) is 2.45. The summed E-state index contributed by atoms with van der Waals surface area (Å²) in [6.07, 6.45) is 2.46. The van der Waals surface area contributed by atoms with Crippen molar-refractivity contribution < 1.29 is 13.9 Å². The number of ether oxygens (including phenoxy) is 2. The van der Waals surface area contributed by atoms with Gasteiger partial charge in [-0.05, 0) is 44.4 Å². The number of hydrogen-bond acceptors (Lipinski definition) is 3. The molecular weight excluding hydrogens is 269 g/mol. The van der Waals surface area contributed by atoms with Crippen LogP contribution in [0, 0.1) is 5.82 Å². The van der Waals surface area contributed by atoms with E-state index < -0.39 is 0 Å². The van der Waals surface area contributed by atoms with Gasteiger partial charge in [0.15, 0.2) is 11.6 Å². The van der Waals surface area contributed by atoms with Gasteiger partial charge in [0, 0.05) is 13.2 Å². The molecule has 3 nitrogen and oxygen atoms in total. The van der Waals surface area contributed by atoms with Gasteiger partial charge in [0.05, 0.1) is 12.7 Å². The summed E-state index contributed by atoms with van der Waals surface area (Å²) >= 11 is 0. The van der Waals surface area contributed by atoms with Gasteiger partial charge in [0.2, 0.25) is 0 Å². The maximum Gasteiger partial charge on any atom is 0.168 e. The summed E-state index contributed by atoms with van der Waals surface area (Å²) < 4.78 is 25.1. The number of rotatable bonds is 9. The van der Waals surface area contributed by atoms with Crippen LogP contribution in [-0.4, -0.2) is 32.4 Å². The Bertz CT molecular complexity index is 433. The molecule has 2 atom stereocenters. The first-order valence-electron chi connectivity index (χ1n) is 7.62. The molecule has 0 bridgehead atoms. The maximum atomic E-state index is 14.4. The lowest BCUT2D eigenvalue weighted by atomic mass is 9.88. The van der Waals surface area contributed by atoms with Crippen LogP contribution in [-0.2, 0) is 11.2 Å². The highest BCUT2D eigenvalue weighted by Crippen LogP contribution is 2.26. The molecule has 0 aliphatic rings. The van der Waals surface area contributed by atoms with Crippen LogP contribution in [0.2, 0.25) is 0 Å². The van der Waals surface area contributed by atoms with Crippen LogP contribution in [0.3, 0.4) is 0 Å². The second-order valence-electron chi connectivity index (χ2n) is 5.51. The quantitative estimate of drug-likeness (QED) is 0.756. The van der Waals surface area contributed by atoms with Crippen molar-refractivity contribution in [3.63, 3.8) is 0 Å². The van der Waals surface area contributed by atoms with Crippen LogP contribution in [0.4, 0.5) is 4.39 Å². The Labute approximate surface area is 127 Å². The molecule has 21 heavy (non-hydrogen) atoms. The van der Waals surface area contributed by atoms with Crippen LogP contribution in [0.1, 0.15) is 39.2 Å². The second-order valence-corrected chi connectivity index (χ2v) is 5.51. The van der Waals surface area contributed by atoms with Gasteiger partial charge in [-0.2, -0.15) is 0 Å². The van der Waals surface area contributed by atoms with Gasteiger partial charge in [0.25, 0.3) is 0 Å². The van der Waals surface area contributed by atoms with E-state index in [2.05, 4.69) is 26.1 Å². The minimum Gasteiger partial charge on any atom is -0.494 e. The molecule has 0 saturated carbocycles. The highest BCUT2D eigenvalue weighted by molar-refractivity contribution is 5.31. The topological polar surface area (TPSA) is 30.5 Å². The zero-order valence-corrected chi connectivity index (χ0v) is 13.8. The number of benzene rings is 1. The Morgan fingerprint density at radius 1 is 1.29 bits per heavy atom. The maximum absolute atomic E-state index is 14.4. The summed E-state index contributed by atoms with van der Waals surface area (Å²) in [5, 5.41) is 3.49. The smallest absolute Gasteiger partial charge is 0.168 e. The summed E-state index contributed by atoms with van der Waals surface area (Å²) in [6, 6.07) is 5.32. The molecule has 0 amide bonds. The summed E-state index contributed by atoms with van der Waals surface area (Å²) in [5.74, 6) is 0.00946. The largest absolute Gasteiger partial charge is 0.494 e. The van der Waals surface area contributed by atoms with Gasteiger partial charge in [-0.3, -0.25) is 0 Å². The van der Waals surface area contributed by atoms with Crippen molar-refractivity contribution in [3.05, 3.63) is 29.6 Å². The molecule has 1 rings (SSSR count). The summed E-state index contributed by atoms with van der Waals surface area (Å²) in [6.45, 7) is 7.16. The fraction of sp³-hybridized carbons (Fsp3) is 0.647. The third kappa shape index (κ3) is 4.42. The molecule has 0 radical (unpaired) electrons. The van der Waals surface area contributed by atoms with Gasteiger partial charge in [-0.15, -0.1) is 0 Å². The van der Waals surface area contributed by atoms with E-state index in [-0.39, 0.29) is 23.2 Å². The third-order valence-corrected chi connectivity index (χ3v) is 4.23. The zero-order chi connectivity index (χ0) is 15.9. The van der Waals surface area contributed by atoms with Crippen LogP contribution >= 0.6 is 0 Å². The van der Waals surface area contributed by atoms with Gasteiger partial charge >= 0.3 is 0 Å². The molecule has 0 aromatic heterocycles. The molecule has 0 heterocycles. The highest BCUT2D eigenvalue weighted by atomic mass is 19.1. The van der Waals surface area contributed by atoms with Gasteiger partial charge in [-0.25, -0.2) is 4.39 Å². The van der Waals surface area contributed by atoms with Gasteiger partial charge in [-0.1, -0.05) is 26.0 Å². The van der Waals surface area contributed by atoms with E-state index in [1.165, 1.54) is 7.11 Å². The van der Waals surface area contributed by atoms with Crippen LogP contribution in [0.25, 0.3) is 0 Å². The Balaban J connectivity index is 3.01. The minimum atomic E-state index is -0.329. The number of nitrogens with one attached hydrogen (secondary N) is 1. The number of methoxy groups -OCH3 is 2. The molecule has 0 aliphatic carbocycles. The minimum absolute atomic E-state index is 0.0501. The molecule has 120 valence electrons. The molecule has 1 N–H and O–H groups in total. The molecule has 4 heteroatoms. The summed E-state index contributed by atoms with van der Waals surface area (Å²) in [5.41, 5.74) is 0.324. The second kappa shape index (κ2) is 8.35. The average molecular weight is 297 g/mol. The van der Waals surface area contributed by atoms with Gasteiger partial charge in [0.1, 0.15) is 0 Å². The SMILES string of the molecule is CCCNC(Cc1cccc(OC)c1F)C(C)(CC)OC. The Kier molecular flexibility index (Phi) is 7.12. The Morgan fingerprint density at radius 2 is 2.00 bits per heavy atom. The molecule has 0 aliphatic heterocycles. The van der Waals surface area contributed by atoms with E-state index >= 15 is 0 Å². The van der Waals surface area contributed by atoms with Crippen molar-refractivity contribution in [1.29, 1.82) is 0 Å². The monoisotopic (exact) mass is 297 g/mol. The van der Waals surface area contributed by atoms with E-state index in [1.54, 1.807) is 13.2 Å². The first kappa shape index (κ1) is 17.9. The lowest BCUT2D eigenvalue weighted by Crippen LogP contribution is -2.51. The van der Waals surface area contributed by atoms with Gasteiger partial charge < -0.3 is 14.8 Å². The van der Waals surface area contributed by atoms with Crippen molar-refractivity contribution in [3.8, 4) is 5.75 Å². The lowest BCUT2D eigenvalue weighted by Gasteiger charge is -2.37. The van der Waals surface area contributed by atoms with Crippen molar-refractivity contribution in [1.82, 2.24) is 5.32 Å².